The molecule has 2 saturated heterocycles. The second-order valence-corrected chi connectivity index (χ2v) is 15.2. The number of nitrogens with zero attached hydrogens (tertiary/aromatic N) is 3. The van der Waals surface area contributed by atoms with Crippen LogP contribution in [0.3, 0.4) is 0 Å². The Bertz CT molecular complexity index is 1410. The van der Waals surface area contributed by atoms with Crippen LogP contribution in [0, 0.1) is 11.7 Å². The maximum absolute atomic E-state index is 14.7. The van der Waals surface area contributed by atoms with Gasteiger partial charge in [-0.25, -0.2) is 9.18 Å². The number of ether oxygens (including phenoxy) is 2. The van der Waals surface area contributed by atoms with Gasteiger partial charge in [0.25, 0.3) is 0 Å². The second-order valence-electron chi connectivity index (χ2n) is 15.2. The highest BCUT2D eigenvalue weighted by Gasteiger charge is 2.52. The van der Waals surface area contributed by atoms with Crippen LogP contribution >= 0.6 is 0 Å². The van der Waals surface area contributed by atoms with Crippen molar-refractivity contribution < 1.29 is 37.8 Å². The summed E-state index contributed by atoms with van der Waals surface area (Å²) in [7, 11) is 1.44. The van der Waals surface area contributed by atoms with Gasteiger partial charge in [-0.15, -0.1) is 0 Å². The zero-order valence-corrected chi connectivity index (χ0v) is 29.7. The maximum Gasteiger partial charge on any atom is 0.410 e. The smallest absolute Gasteiger partial charge is 0.410 e. The van der Waals surface area contributed by atoms with Gasteiger partial charge in [0.2, 0.25) is 23.6 Å². The molecule has 2 fully saturated rings. The van der Waals surface area contributed by atoms with Gasteiger partial charge < -0.3 is 29.9 Å². The molecule has 5 atom stereocenters. The van der Waals surface area contributed by atoms with E-state index in [2.05, 4.69) is 10.6 Å². The van der Waals surface area contributed by atoms with Crippen molar-refractivity contribution >= 4 is 29.7 Å². The van der Waals surface area contributed by atoms with Gasteiger partial charge in [-0.05, 0) is 84.9 Å². The molecule has 0 spiro atoms. The SMILES string of the molecule is CC(C)CC(=O)N1CC[C@H]2CC[C@@H](C(=O)NC3CCOc4ccc(F)cc43)N2C(=O)[C@@H](NC(=O)[C@H](C)N(C)C(=O)OC(C)(C)C)C1(C)C. The number of rotatable bonds is 7. The van der Waals surface area contributed by atoms with Crippen LogP contribution in [0.1, 0.15) is 99.1 Å². The lowest BCUT2D eigenvalue weighted by molar-refractivity contribution is -0.154. The predicted octanol–water partition coefficient (Wildman–Crippen LogP) is 3.92. The van der Waals surface area contributed by atoms with E-state index in [9.17, 15) is 28.4 Å². The molecule has 4 rings (SSSR count). The molecule has 1 unspecified atom stereocenters. The zero-order chi connectivity index (χ0) is 35.7. The Morgan fingerprint density at radius 2 is 1.77 bits per heavy atom. The number of fused-ring (bicyclic) bond motifs is 2. The van der Waals surface area contributed by atoms with E-state index in [0.717, 1.165) is 4.90 Å². The lowest BCUT2D eigenvalue weighted by Crippen LogP contribution is -2.70. The number of benzene rings is 1. The molecule has 5 amide bonds. The van der Waals surface area contributed by atoms with Crippen LogP contribution in [0.4, 0.5) is 9.18 Å². The minimum atomic E-state index is -1.23. The quantitative estimate of drug-likeness (QED) is 0.448. The van der Waals surface area contributed by atoms with E-state index in [4.69, 9.17) is 9.47 Å². The van der Waals surface area contributed by atoms with Gasteiger partial charge in [-0.1, -0.05) is 13.8 Å². The Kier molecular flexibility index (Phi) is 11.0. The molecule has 1 aromatic rings. The summed E-state index contributed by atoms with van der Waals surface area (Å²) >= 11 is 0. The van der Waals surface area contributed by atoms with Crippen molar-refractivity contribution in [3.63, 3.8) is 0 Å². The number of carbonyl (C=O) groups excluding carboxylic acids is 5. The summed E-state index contributed by atoms with van der Waals surface area (Å²) in [5.41, 5.74) is -1.43. The van der Waals surface area contributed by atoms with E-state index in [0.29, 0.717) is 50.1 Å². The molecule has 1 aromatic carbocycles. The van der Waals surface area contributed by atoms with Gasteiger partial charge in [0, 0.05) is 38.0 Å². The number of hydrogen-bond acceptors (Lipinski definition) is 7. The molecule has 0 bridgehead atoms. The van der Waals surface area contributed by atoms with E-state index in [1.54, 1.807) is 50.5 Å². The van der Waals surface area contributed by atoms with Gasteiger partial charge in [0.15, 0.2) is 0 Å². The zero-order valence-electron chi connectivity index (χ0n) is 29.7. The lowest BCUT2D eigenvalue weighted by Gasteiger charge is -2.49. The molecule has 13 heteroatoms. The third kappa shape index (κ3) is 8.03. The van der Waals surface area contributed by atoms with Gasteiger partial charge in [0.1, 0.15) is 35.3 Å². The second kappa shape index (κ2) is 14.3. The molecule has 0 aliphatic carbocycles. The molecule has 3 aliphatic rings. The van der Waals surface area contributed by atoms with Crippen molar-refractivity contribution in [2.45, 2.75) is 129 Å². The molecule has 12 nitrogen and oxygen atoms in total. The minimum absolute atomic E-state index is 0.0739. The van der Waals surface area contributed by atoms with Crippen LogP contribution in [0.15, 0.2) is 18.2 Å². The summed E-state index contributed by atoms with van der Waals surface area (Å²) in [4.78, 5) is 73.2. The summed E-state index contributed by atoms with van der Waals surface area (Å²) < 4.78 is 25.3. The lowest BCUT2D eigenvalue weighted by atomic mass is 9.87. The van der Waals surface area contributed by atoms with Crippen molar-refractivity contribution in [2.24, 2.45) is 5.92 Å². The summed E-state index contributed by atoms with van der Waals surface area (Å²) in [5, 5.41) is 5.91. The Labute approximate surface area is 283 Å². The van der Waals surface area contributed by atoms with Crippen LogP contribution < -0.4 is 15.4 Å². The predicted molar refractivity (Wildman–Crippen MR) is 176 cm³/mol. The third-order valence-electron chi connectivity index (χ3n) is 9.53. The number of amides is 5. The first-order valence-corrected chi connectivity index (χ1v) is 16.9. The third-order valence-corrected chi connectivity index (χ3v) is 9.53. The molecule has 0 aromatic heterocycles. The van der Waals surface area contributed by atoms with Crippen molar-refractivity contribution in [3.05, 3.63) is 29.6 Å². The Morgan fingerprint density at radius 1 is 1.08 bits per heavy atom. The topological polar surface area (TPSA) is 138 Å². The van der Waals surface area contributed by atoms with E-state index in [1.165, 1.54) is 26.1 Å². The average Bonchev–Trinajstić information content (AvgIpc) is 3.41. The van der Waals surface area contributed by atoms with Crippen molar-refractivity contribution in [2.75, 3.05) is 20.2 Å². The summed E-state index contributed by atoms with van der Waals surface area (Å²) in [5.74, 6) is -1.46. The van der Waals surface area contributed by atoms with E-state index >= 15 is 0 Å². The summed E-state index contributed by atoms with van der Waals surface area (Å²) in [6, 6.07) is 0.267. The number of carbonyl (C=O) groups is 5. The van der Waals surface area contributed by atoms with Crippen molar-refractivity contribution in [1.29, 1.82) is 0 Å². The van der Waals surface area contributed by atoms with Crippen LogP contribution in [0.25, 0.3) is 0 Å². The fourth-order valence-corrected chi connectivity index (χ4v) is 6.79. The normalized spacial score (nSPS) is 24.4. The van der Waals surface area contributed by atoms with Crippen LogP contribution in [0.5, 0.6) is 5.75 Å². The standard InChI is InChI=1S/C35H52FN5O7/c1-20(2)18-28(42)40-16-14-23-11-12-26(31(44)37-25-15-17-47-27-13-10-22(36)19-24(25)27)41(23)32(45)29(35(40,7)8)38-30(43)21(3)39(9)33(46)48-34(4,5)6/h10,13,19-21,23,25-26,29H,11-12,14-18H2,1-9H3,(H,37,44)(H,38,43)/t21-,23+,25?,26-,29+/m0/s1. The number of likely N-dealkylation sites (N-methyl/N-ethyl adjacent to an activating group) is 1. The molecule has 3 aliphatic heterocycles. The average molecular weight is 674 g/mol. The molecule has 48 heavy (non-hydrogen) atoms. The molecule has 3 heterocycles. The summed E-state index contributed by atoms with van der Waals surface area (Å²) in [6.07, 6.45) is 1.39. The highest BCUT2D eigenvalue weighted by atomic mass is 19.1. The van der Waals surface area contributed by atoms with Gasteiger partial charge in [0.05, 0.1) is 18.2 Å². The first-order valence-electron chi connectivity index (χ1n) is 16.9. The Balaban J connectivity index is 1.64. The molecule has 266 valence electrons. The monoisotopic (exact) mass is 673 g/mol. The molecule has 0 saturated carbocycles. The van der Waals surface area contributed by atoms with Crippen LogP contribution in [-0.4, -0.2) is 99.9 Å². The van der Waals surface area contributed by atoms with Crippen LogP contribution in [0.2, 0.25) is 0 Å². The molecule has 2 N–H and O–H groups in total. The van der Waals surface area contributed by atoms with Crippen molar-refractivity contribution in [1.82, 2.24) is 25.3 Å². The first-order chi connectivity index (χ1) is 22.3. The van der Waals surface area contributed by atoms with Crippen LogP contribution in [-0.2, 0) is 23.9 Å². The van der Waals surface area contributed by atoms with E-state index in [1.807, 2.05) is 13.8 Å². The van der Waals surface area contributed by atoms with E-state index < -0.39 is 59.0 Å². The maximum atomic E-state index is 14.7. The highest BCUT2D eigenvalue weighted by molar-refractivity contribution is 5.96. The van der Waals surface area contributed by atoms with E-state index in [-0.39, 0.29) is 30.2 Å². The fourth-order valence-electron chi connectivity index (χ4n) is 6.79. The minimum Gasteiger partial charge on any atom is -0.493 e. The van der Waals surface area contributed by atoms with Gasteiger partial charge in [-0.2, -0.15) is 0 Å². The number of nitrogens with one attached hydrogen (secondary N) is 2. The first kappa shape index (κ1) is 36.9. The largest absolute Gasteiger partial charge is 0.493 e. The van der Waals surface area contributed by atoms with Gasteiger partial charge in [-0.3, -0.25) is 24.1 Å². The van der Waals surface area contributed by atoms with Gasteiger partial charge >= 0.3 is 6.09 Å². The fraction of sp³-hybridized carbons (Fsp3) is 0.686. The van der Waals surface area contributed by atoms with Crippen molar-refractivity contribution in [3.8, 4) is 5.75 Å². The highest BCUT2D eigenvalue weighted by Crippen LogP contribution is 2.36. The Morgan fingerprint density at radius 3 is 2.42 bits per heavy atom. The molecule has 0 radical (unpaired) electrons. The molecular formula is C35H52FN5O7. The number of hydrogen-bond donors (Lipinski definition) is 2. The summed E-state index contributed by atoms with van der Waals surface area (Å²) in [6.45, 7) is 14.8. The Hall–Kier alpha value is -3.90. The number of halogens is 1. The molecular weight excluding hydrogens is 621 g/mol.